The number of rotatable bonds is 5. The lowest BCUT2D eigenvalue weighted by Crippen LogP contribution is -2.12. The third-order valence-electron chi connectivity index (χ3n) is 2.95. The van der Waals surface area contributed by atoms with E-state index in [2.05, 4.69) is 5.32 Å². The molecule has 4 heteroatoms. The highest BCUT2D eigenvalue weighted by atomic mass is 35.5. The molecule has 0 amide bonds. The van der Waals surface area contributed by atoms with Crippen molar-refractivity contribution in [2.45, 2.75) is 20.4 Å². The summed E-state index contributed by atoms with van der Waals surface area (Å²) in [7, 11) is 0. The molecular formula is C16H17ClFNO. The largest absolute Gasteiger partial charge is 0.457 e. The fourth-order valence-corrected chi connectivity index (χ4v) is 2.00. The van der Waals surface area contributed by atoms with E-state index < -0.39 is 0 Å². The average Bonchev–Trinajstić information content (AvgIpc) is 2.42. The van der Waals surface area contributed by atoms with Crippen molar-refractivity contribution < 1.29 is 9.13 Å². The SMILES string of the molecule is CCNCc1ccc(Cl)cc1Oc1ccc(F)c(C)c1. The Kier molecular flexibility index (Phi) is 4.99. The number of hydrogen-bond donors (Lipinski definition) is 1. The van der Waals surface area contributed by atoms with Crippen molar-refractivity contribution in [2.75, 3.05) is 6.54 Å². The first-order chi connectivity index (χ1) is 9.60. The van der Waals surface area contributed by atoms with Crippen LogP contribution in [0.4, 0.5) is 4.39 Å². The molecule has 1 N–H and O–H groups in total. The molecule has 0 heterocycles. The van der Waals surface area contributed by atoms with Crippen LogP contribution in [0.2, 0.25) is 5.02 Å². The van der Waals surface area contributed by atoms with Gasteiger partial charge in [-0.3, -0.25) is 0 Å². The van der Waals surface area contributed by atoms with Crippen LogP contribution >= 0.6 is 11.6 Å². The third-order valence-corrected chi connectivity index (χ3v) is 3.19. The number of halogens is 2. The molecule has 0 aliphatic rings. The second kappa shape index (κ2) is 6.73. The van der Waals surface area contributed by atoms with Crippen LogP contribution in [0.5, 0.6) is 11.5 Å². The molecule has 0 atom stereocenters. The molecule has 106 valence electrons. The Hall–Kier alpha value is -1.58. The molecule has 0 aliphatic heterocycles. The summed E-state index contributed by atoms with van der Waals surface area (Å²) in [6, 6.07) is 10.2. The number of ether oxygens (including phenoxy) is 1. The minimum Gasteiger partial charge on any atom is -0.457 e. The van der Waals surface area contributed by atoms with Gasteiger partial charge in [-0.2, -0.15) is 0 Å². The van der Waals surface area contributed by atoms with Gasteiger partial charge in [-0.05, 0) is 49.4 Å². The summed E-state index contributed by atoms with van der Waals surface area (Å²) >= 11 is 6.01. The van der Waals surface area contributed by atoms with Crippen LogP contribution in [0.1, 0.15) is 18.1 Å². The Balaban J connectivity index is 2.26. The van der Waals surface area contributed by atoms with Gasteiger partial charge in [0.1, 0.15) is 17.3 Å². The van der Waals surface area contributed by atoms with Crippen LogP contribution in [-0.4, -0.2) is 6.54 Å². The molecule has 0 fully saturated rings. The van der Waals surface area contributed by atoms with E-state index in [9.17, 15) is 4.39 Å². The molecule has 2 nitrogen and oxygen atoms in total. The van der Waals surface area contributed by atoms with Crippen LogP contribution < -0.4 is 10.1 Å². The van der Waals surface area contributed by atoms with Gasteiger partial charge in [0.2, 0.25) is 0 Å². The van der Waals surface area contributed by atoms with Crippen molar-refractivity contribution in [1.29, 1.82) is 0 Å². The predicted octanol–water partition coefficient (Wildman–Crippen LogP) is 4.69. The Bertz CT molecular complexity index is 601. The highest BCUT2D eigenvalue weighted by Gasteiger charge is 2.07. The van der Waals surface area contributed by atoms with E-state index in [-0.39, 0.29) is 5.82 Å². The van der Waals surface area contributed by atoms with Crippen molar-refractivity contribution >= 4 is 11.6 Å². The van der Waals surface area contributed by atoms with Crippen LogP contribution in [0.3, 0.4) is 0 Å². The van der Waals surface area contributed by atoms with Gasteiger partial charge in [0.05, 0.1) is 0 Å². The van der Waals surface area contributed by atoms with Gasteiger partial charge >= 0.3 is 0 Å². The molecule has 0 spiro atoms. The van der Waals surface area contributed by atoms with E-state index in [1.807, 2.05) is 19.1 Å². The first-order valence-electron chi connectivity index (χ1n) is 6.53. The summed E-state index contributed by atoms with van der Waals surface area (Å²) in [4.78, 5) is 0. The molecular weight excluding hydrogens is 277 g/mol. The molecule has 0 saturated heterocycles. The Morgan fingerprint density at radius 3 is 2.70 bits per heavy atom. The maximum atomic E-state index is 13.3. The highest BCUT2D eigenvalue weighted by Crippen LogP contribution is 2.29. The average molecular weight is 294 g/mol. The van der Waals surface area contributed by atoms with E-state index >= 15 is 0 Å². The lowest BCUT2D eigenvalue weighted by molar-refractivity contribution is 0.470. The van der Waals surface area contributed by atoms with E-state index in [4.69, 9.17) is 16.3 Å². The first kappa shape index (κ1) is 14.8. The molecule has 0 bridgehead atoms. The predicted molar refractivity (Wildman–Crippen MR) is 80.0 cm³/mol. The lowest BCUT2D eigenvalue weighted by atomic mass is 10.2. The summed E-state index contributed by atoms with van der Waals surface area (Å²) in [6.07, 6.45) is 0. The standard InChI is InChI=1S/C16H17ClFNO/c1-3-19-10-12-4-5-13(17)9-16(12)20-14-6-7-15(18)11(2)8-14/h4-9,19H,3,10H2,1-2H3. The number of nitrogens with one attached hydrogen (secondary N) is 1. The van der Waals surface area contributed by atoms with Crippen molar-refractivity contribution in [2.24, 2.45) is 0 Å². The summed E-state index contributed by atoms with van der Waals surface area (Å²) in [5.74, 6) is 1.05. The normalized spacial score (nSPS) is 10.6. The zero-order valence-corrected chi connectivity index (χ0v) is 12.3. The van der Waals surface area contributed by atoms with Gasteiger partial charge in [-0.1, -0.05) is 24.6 Å². The molecule has 0 unspecified atom stereocenters. The van der Waals surface area contributed by atoms with E-state index in [1.54, 1.807) is 25.1 Å². The molecule has 2 aromatic carbocycles. The van der Waals surface area contributed by atoms with Gasteiger partial charge in [-0.25, -0.2) is 4.39 Å². The molecule has 0 aromatic heterocycles. The first-order valence-corrected chi connectivity index (χ1v) is 6.91. The minimum absolute atomic E-state index is 0.240. The molecule has 0 saturated carbocycles. The maximum absolute atomic E-state index is 13.3. The van der Waals surface area contributed by atoms with E-state index in [0.717, 1.165) is 12.1 Å². The monoisotopic (exact) mass is 293 g/mol. The van der Waals surface area contributed by atoms with Crippen LogP contribution in [0.25, 0.3) is 0 Å². The minimum atomic E-state index is -0.240. The van der Waals surface area contributed by atoms with Crippen LogP contribution in [-0.2, 0) is 6.54 Å². The Morgan fingerprint density at radius 1 is 1.20 bits per heavy atom. The second-order valence-electron chi connectivity index (χ2n) is 4.55. The quantitative estimate of drug-likeness (QED) is 0.863. The highest BCUT2D eigenvalue weighted by molar-refractivity contribution is 6.30. The zero-order chi connectivity index (χ0) is 14.5. The third kappa shape index (κ3) is 3.71. The number of benzene rings is 2. The summed E-state index contributed by atoms with van der Waals surface area (Å²) in [5.41, 5.74) is 1.57. The van der Waals surface area contributed by atoms with Crippen molar-refractivity contribution in [1.82, 2.24) is 5.32 Å². The van der Waals surface area contributed by atoms with Crippen LogP contribution in [0.15, 0.2) is 36.4 Å². The van der Waals surface area contributed by atoms with Crippen molar-refractivity contribution in [3.05, 3.63) is 58.4 Å². The Morgan fingerprint density at radius 2 is 2.00 bits per heavy atom. The summed E-state index contributed by atoms with van der Waals surface area (Å²) in [5, 5.41) is 3.86. The van der Waals surface area contributed by atoms with Crippen molar-refractivity contribution in [3.8, 4) is 11.5 Å². The van der Waals surface area contributed by atoms with Crippen molar-refractivity contribution in [3.63, 3.8) is 0 Å². The lowest BCUT2D eigenvalue weighted by Gasteiger charge is -2.12. The fraction of sp³-hybridized carbons (Fsp3) is 0.250. The molecule has 20 heavy (non-hydrogen) atoms. The smallest absolute Gasteiger partial charge is 0.133 e. The van der Waals surface area contributed by atoms with Crippen LogP contribution in [0, 0.1) is 12.7 Å². The summed E-state index contributed by atoms with van der Waals surface area (Å²) < 4.78 is 19.1. The van der Waals surface area contributed by atoms with Gasteiger partial charge in [0.15, 0.2) is 0 Å². The molecule has 0 radical (unpaired) electrons. The number of hydrogen-bond acceptors (Lipinski definition) is 2. The zero-order valence-electron chi connectivity index (χ0n) is 11.5. The molecule has 2 aromatic rings. The summed E-state index contributed by atoms with van der Waals surface area (Å²) in [6.45, 7) is 5.32. The van der Waals surface area contributed by atoms with Gasteiger partial charge in [0.25, 0.3) is 0 Å². The second-order valence-corrected chi connectivity index (χ2v) is 4.98. The van der Waals surface area contributed by atoms with Gasteiger partial charge in [0, 0.05) is 17.1 Å². The molecule has 0 aliphatic carbocycles. The number of aryl methyl sites for hydroxylation is 1. The van der Waals surface area contributed by atoms with Gasteiger partial charge in [-0.15, -0.1) is 0 Å². The topological polar surface area (TPSA) is 21.3 Å². The fourth-order valence-electron chi connectivity index (χ4n) is 1.84. The molecule has 2 rings (SSSR count). The maximum Gasteiger partial charge on any atom is 0.133 e. The Labute approximate surface area is 123 Å². The van der Waals surface area contributed by atoms with E-state index in [0.29, 0.717) is 28.6 Å². The van der Waals surface area contributed by atoms with E-state index in [1.165, 1.54) is 6.07 Å². The van der Waals surface area contributed by atoms with Gasteiger partial charge < -0.3 is 10.1 Å².